The van der Waals surface area contributed by atoms with Gasteiger partial charge in [-0.3, -0.25) is 0 Å². The topological polar surface area (TPSA) is 90.3 Å². The molecule has 1 rings (SSSR count). The Hall–Kier alpha value is -0.990. The van der Waals surface area contributed by atoms with Crippen molar-refractivity contribution in [3.8, 4) is 6.07 Å². The number of nitrogens with zero attached hydrogens (tertiary/aromatic N) is 1. The van der Waals surface area contributed by atoms with E-state index in [1.54, 1.807) is 6.07 Å². The Bertz CT molecular complexity index is 432. The molecule has 6 heteroatoms. The average Bonchev–Trinajstić information content (AvgIpc) is 2.22. The van der Waals surface area contributed by atoms with Gasteiger partial charge in [-0.1, -0.05) is 23.2 Å². The number of aliphatic hydroxyl groups excluding tert-OH is 2. The molecule has 0 radical (unpaired) electrons. The predicted octanol–water partition coefficient (Wildman–Crippen LogP) is 1.88. The largest absolute Gasteiger partial charge is 0.397 e. The minimum absolute atomic E-state index is 0.149. The third-order valence-electron chi connectivity index (χ3n) is 2.11. The highest BCUT2D eigenvalue weighted by molar-refractivity contribution is 6.36. The summed E-state index contributed by atoms with van der Waals surface area (Å²) >= 11 is 11.5. The summed E-state index contributed by atoms with van der Waals surface area (Å²) in [6, 6.07) is 4.60. The first kappa shape index (κ1) is 13.1. The van der Waals surface area contributed by atoms with Crippen LogP contribution in [0.5, 0.6) is 0 Å². The fourth-order valence-electron chi connectivity index (χ4n) is 1.26. The molecule has 0 aromatic heterocycles. The van der Waals surface area contributed by atoms with Crippen molar-refractivity contribution >= 4 is 28.9 Å². The normalized spacial score (nSPS) is 14.2. The lowest BCUT2D eigenvalue weighted by molar-refractivity contribution is 0.0221. The zero-order valence-electron chi connectivity index (χ0n) is 8.19. The lowest BCUT2D eigenvalue weighted by Gasteiger charge is -2.18. The number of halogens is 2. The third-order valence-corrected chi connectivity index (χ3v) is 2.64. The lowest BCUT2D eigenvalue weighted by Crippen LogP contribution is -2.18. The van der Waals surface area contributed by atoms with Crippen LogP contribution < -0.4 is 5.73 Å². The predicted molar refractivity (Wildman–Crippen MR) is 62.1 cm³/mol. The van der Waals surface area contributed by atoms with Crippen LogP contribution in [0.15, 0.2) is 12.1 Å². The van der Waals surface area contributed by atoms with Crippen LogP contribution in [0.1, 0.15) is 18.1 Å². The van der Waals surface area contributed by atoms with Crippen molar-refractivity contribution in [3.63, 3.8) is 0 Å². The molecule has 0 bridgehead atoms. The van der Waals surface area contributed by atoms with E-state index in [0.717, 1.165) is 0 Å². The first-order chi connectivity index (χ1) is 7.47. The summed E-state index contributed by atoms with van der Waals surface area (Å²) in [5, 5.41) is 28.1. The molecular weight excluding hydrogens is 251 g/mol. The number of nitrogens with two attached hydrogens (primary N) is 1. The van der Waals surface area contributed by atoms with Crippen LogP contribution in [0.3, 0.4) is 0 Å². The van der Waals surface area contributed by atoms with E-state index in [2.05, 4.69) is 0 Å². The van der Waals surface area contributed by atoms with Crippen molar-refractivity contribution in [2.24, 2.45) is 0 Å². The molecule has 0 saturated carbocycles. The van der Waals surface area contributed by atoms with Gasteiger partial charge in [-0.2, -0.15) is 5.26 Å². The first-order valence-electron chi connectivity index (χ1n) is 4.45. The quantitative estimate of drug-likeness (QED) is 0.724. The molecule has 0 fully saturated rings. The molecule has 4 N–H and O–H groups in total. The van der Waals surface area contributed by atoms with Crippen molar-refractivity contribution in [1.29, 1.82) is 5.26 Å². The second-order valence-corrected chi connectivity index (χ2v) is 4.11. The van der Waals surface area contributed by atoms with E-state index >= 15 is 0 Å². The lowest BCUT2D eigenvalue weighted by atomic mass is 10.0. The summed E-state index contributed by atoms with van der Waals surface area (Å²) in [4.78, 5) is 0. The molecule has 0 amide bonds. The highest BCUT2D eigenvalue weighted by atomic mass is 35.5. The number of rotatable bonds is 3. The molecule has 0 spiro atoms. The third kappa shape index (κ3) is 2.77. The van der Waals surface area contributed by atoms with Crippen LogP contribution in [-0.4, -0.2) is 16.3 Å². The van der Waals surface area contributed by atoms with Crippen molar-refractivity contribution in [1.82, 2.24) is 0 Å². The standard InChI is InChI=1S/C10H10Cl2N2O2/c11-5-3-6(9(14)7(12)4-5)10(16)8(15)1-2-13/h3-4,8,10,15-16H,1,14H2. The molecule has 0 saturated heterocycles. The van der Waals surface area contributed by atoms with E-state index in [0.29, 0.717) is 5.02 Å². The zero-order chi connectivity index (χ0) is 12.3. The molecule has 86 valence electrons. The van der Waals surface area contributed by atoms with Gasteiger partial charge in [0.1, 0.15) is 6.10 Å². The highest BCUT2D eigenvalue weighted by Gasteiger charge is 2.21. The molecule has 0 aliphatic heterocycles. The summed E-state index contributed by atoms with van der Waals surface area (Å²) in [7, 11) is 0. The number of nitrogen functional groups attached to an aromatic ring is 1. The Balaban J connectivity index is 3.08. The summed E-state index contributed by atoms with van der Waals surface area (Å²) in [6.45, 7) is 0. The Morgan fingerprint density at radius 2 is 2.00 bits per heavy atom. The van der Waals surface area contributed by atoms with Crippen molar-refractivity contribution in [2.45, 2.75) is 18.6 Å². The van der Waals surface area contributed by atoms with E-state index in [1.807, 2.05) is 0 Å². The Kier molecular flexibility index (Phi) is 4.39. The second kappa shape index (κ2) is 5.37. The molecule has 2 atom stereocenters. The molecular formula is C10H10Cl2N2O2. The number of benzene rings is 1. The van der Waals surface area contributed by atoms with Gasteiger partial charge in [0.2, 0.25) is 0 Å². The van der Waals surface area contributed by atoms with E-state index in [-0.39, 0.29) is 22.7 Å². The fraction of sp³-hybridized carbons (Fsp3) is 0.300. The van der Waals surface area contributed by atoms with Crippen LogP contribution in [0.2, 0.25) is 10.0 Å². The van der Waals surface area contributed by atoms with E-state index in [9.17, 15) is 10.2 Å². The van der Waals surface area contributed by atoms with Crippen LogP contribution in [0, 0.1) is 11.3 Å². The van der Waals surface area contributed by atoms with Crippen molar-refractivity contribution in [2.75, 3.05) is 5.73 Å². The van der Waals surface area contributed by atoms with Gasteiger partial charge in [0, 0.05) is 10.6 Å². The van der Waals surface area contributed by atoms with Crippen molar-refractivity contribution < 1.29 is 10.2 Å². The smallest absolute Gasteiger partial charge is 0.108 e. The maximum atomic E-state index is 9.75. The fourth-order valence-corrected chi connectivity index (χ4v) is 1.77. The monoisotopic (exact) mass is 260 g/mol. The van der Waals surface area contributed by atoms with Gasteiger partial charge in [0.25, 0.3) is 0 Å². The zero-order valence-corrected chi connectivity index (χ0v) is 9.70. The van der Waals surface area contributed by atoms with Crippen LogP contribution in [0.4, 0.5) is 5.69 Å². The maximum Gasteiger partial charge on any atom is 0.108 e. The minimum Gasteiger partial charge on any atom is -0.397 e. The Morgan fingerprint density at radius 3 is 2.56 bits per heavy atom. The molecule has 4 nitrogen and oxygen atoms in total. The molecule has 0 aliphatic carbocycles. The minimum atomic E-state index is -1.28. The van der Waals surface area contributed by atoms with E-state index in [4.69, 9.17) is 34.2 Å². The summed E-state index contributed by atoms with van der Waals surface area (Å²) in [6.07, 6.45) is -2.71. The van der Waals surface area contributed by atoms with Gasteiger partial charge in [-0.05, 0) is 12.1 Å². The van der Waals surface area contributed by atoms with Gasteiger partial charge in [-0.25, -0.2) is 0 Å². The Morgan fingerprint density at radius 1 is 1.38 bits per heavy atom. The van der Waals surface area contributed by atoms with Gasteiger partial charge < -0.3 is 15.9 Å². The first-order valence-corrected chi connectivity index (χ1v) is 5.20. The second-order valence-electron chi connectivity index (χ2n) is 3.26. The number of nitriles is 1. The van der Waals surface area contributed by atoms with Gasteiger partial charge in [0.05, 0.1) is 29.3 Å². The van der Waals surface area contributed by atoms with Gasteiger partial charge in [-0.15, -0.1) is 0 Å². The summed E-state index contributed by atoms with van der Waals surface area (Å²) < 4.78 is 0. The van der Waals surface area contributed by atoms with Crippen molar-refractivity contribution in [3.05, 3.63) is 27.7 Å². The number of hydrogen-bond donors (Lipinski definition) is 3. The maximum absolute atomic E-state index is 9.75. The molecule has 2 unspecified atom stereocenters. The number of aliphatic hydroxyl groups is 2. The molecule has 1 aromatic rings. The molecule has 0 heterocycles. The molecule has 16 heavy (non-hydrogen) atoms. The van der Waals surface area contributed by atoms with E-state index < -0.39 is 12.2 Å². The van der Waals surface area contributed by atoms with Crippen LogP contribution in [-0.2, 0) is 0 Å². The van der Waals surface area contributed by atoms with E-state index in [1.165, 1.54) is 12.1 Å². The average molecular weight is 261 g/mol. The Labute approximate surface area is 103 Å². The summed E-state index contributed by atoms with van der Waals surface area (Å²) in [5.74, 6) is 0. The highest BCUT2D eigenvalue weighted by Crippen LogP contribution is 2.33. The SMILES string of the molecule is N#CCC(O)C(O)c1cc(Cl)cc(Cl)c1N. The van der Waals surface area contributed by atoms with Gasteiger partial charge >= 0.3 is 0 Å². The van der Waals surface area contributed by atoms with Gasteiger partial charge in [0.15, 0.2) is 0 Å². The van der Waals surface area contributed by atoms with Crippen LogP contribution >= 0.6 is 23.2 Å². The number of hydrogen-bond acceptors (Lipinski definition) is 4. The summed E-state index contributed by atoms with van der Waals surface area (Å²) in [5.41, 5.74) is 6.01. The molecule has 0 aliphatic rings. The molecule has 1 aromatic carbocycles. The number of anilines is 1. The van der Waals surface area contributed by atoms with Crippen LogP contribution in [0.25, 0.3) is 0 Å².